The Kier molecular flexibility index (Phi) is 3.83. The van der Waals surface area contributed by atoms with Gasteiger partial charge in [-0.15, -0.1) is 0 Å². The molecule has 3 nitrogen and oxygen atoms in total. The number of aliphatic hydroxyl groups excluding tert-OH is 1. The highest BCUT2D eigenvalue weighted by molar-refractivity contribution is 7.78. The number of nitrogens with one attached hydrogen (secondary N) is 1. The lowest BCUT2D eigenvalue weighted by Crippen LogP contribution is -2.33. The lowest BCUT2D eigenvalue weighted by atomic mass is 10.1. The minimum Gasteiger partial charge on any atom is -0.396 e. The molecular weight excluding hydrogens is 172 g/mol. The van der Waals surface area contributed by atoms with Gasteiger partial charge in [0.1, 0.15) is 0 Å². The molecule has 2 atom stereocenters. The summed E-state index contributed by atoms with van der Waals surface area (Å²) in [7, 11) is 0. The monoisotopic (exact) mass is 190 g/mol. The van der Waals surface area contributed by atoms with Crippen molar-refractivity contribution < 1.29 is 5.11 Å². The van der Waals surface area contributed by atoms with Crippen LogP contribution in [-0.2, 0) is 0 Å². The number of thiol groups is 1. The summed E-state index contributed by atoms with van der Waals surface area (Å²) in [5, 5.41) is 9.07. The van der Waals surface area contributed by atoms with Gasteiger partial charge in [0.05, 0.1) is 0 Å². The normalized spacial score (nSPS) is 31.8. The molecule has 4 heteroatoms. The number of nitrogens with zero attached hydrogens (tertiary/aromatic N) is 1. The molecule has 0 aromatic carbocycles. The molecular formula is C8H18N2OS. The summed E-state index contributed by atoms with van der Waals surface area (Å²) in [6, 6.07) is 0.895. The molecule has 1 saturated heterocycles. The van der Waals surface area contributed by atoms with E-state index in [9.17, 15) is 0 Å². The van der Waals surface area contributed by atoms with Crippen molar-refractivity contribution in [2.24, 2.45) is 5.92 Å². The highest BCUT2D eigenvalue weighted by atomic mass is 32.1. The lowest BCUT2D eigenvalue weighted by molar-refractivity contribution is 0.205. The molecule has 2 unspecified atom stereocenters. The fraction of sp³-hybridized carbons (Fsp3) is 1.00. The maximum absolute atomic E-state index is 9.07. The molecule has 72 valence electrons. The molecule has 1 aliphatic heterocycles. The van der Waals surface area contributed by atoms with Crippen molar-refractivity contribution >= 4 is 12.8 Å². The van der Waals surface area contributed by atoms with Crippen molar-refractivity contribution in [2.45, 2.75) is 25.9 Å². The highest BCUT2D eigenvalue weighted by Gasteiger charge is 2.32. The van der Waals surface area contributed by atoms with Gasteiger partial charge in [0.15, 0.2) is 0 Å². The van der Waals surface area contributed by atoms with Crippen LogP contribution in [0.5, 0.6) is 0 Å². The van der Waals surface area contributed by atoms with Gasteiger partial charge in [0.2, 0.25) is 0 Å². The topological polar surface area (TPSA) is 35.5 Å². The summed E-state index contributed by atoms with van der Waals surface area (Å²) in [4.78, 5) is 2.36. The Hall–Kier alpha value is 0.230. The van der Waals surface area contributed by atoms with E-state index in [2.05, 4.69) is 36.3 Å². The summed E-state index contributed by atoms with van der Waals surface area (Å²) < 4.78 is 2.94. The van der Waals surface area contributed by atoms with Gasteiger partial charge < -0.3 is 5.11 Å². The molecule has 0 radical (unpaired) electrons. The lowest BCUT2D eigenvalue weighted by Gasteiger charge is -2.19. The molecule has 0 aliphatic carbocycles. The zero-order valence-corrected chi connectivity index (χ0v) is 8.59. The average Bonchev–Trinajstić information content (AvgIpc) is 2.46. The predicted molar refractivity (Wildman–Crippen MR) is 53.2 cm³/mol. The second kappa shape index (κ2) is 4.46. The van der Waals surface area contributed by atoms with E-state index in [0.717, 1.165) is 13.1 Å². The van der Waals surface area contributed by atoms with E-state index in [-0.39, 0.29) is 6.61 Å². The molecule has 0 spiro atoms. The SMILES string of the molecule is CC(C)N1CC(CO)C(NS)C1. The number of rotatable bonds is 3. The minimum absolute atomic E-state index is 0.251. The molecule has 1 aliphatic rings. The molecule has 1 fully saturated rings. The number of likely N-dealkylation sites (tertiary alicyclic amines) is 1. The molecule has 12 heavy (non-hydrogen) atoms. The van der Waals surface area contributed by atoms with Gasteiger partial charge in [-0.2, -0.15) is 0 Å². The van der Waals surface area contributed by atoms with Crippen LogP contribution in [0.15, 0.2) is 0 Å². The van der Waals surface area contributed by atoms with E-state index >= 15 is 0 Å². The predicted octanol–water partition coefficient (Wildman–Crippen LogP) is 0.122. The first-order valence-electron chi connectivity index (χ1n) is 4.43. The summed E-state index contributed by atoms with van der Waals surface area (Å²) in [5.74, 6) is 0.338. The first kappa shape index (κ1) is 10.3. The van der Waals surface area contributed by atoms with Gasteiger partial charge in [-0.25, -0.2) is 0 Å². The number of hydrogen-bond acceptors (Lipinski definition) is 4. The second-order valence-corrected chi connectivity index (χ2v) is 3.98. The van der Waals surface area contributed by atoms with E-state index in [1.807, 2.05) is 0 Å². The van der Waals surface area contributed by atoms with Crippen LogP contribution >= 0.6 is 12.8 Å². The van der Waals surface area contributed by atoms with E-state index < -0.39 is 0 Å². The van der Waals surface area contributed by atoms with Crippen molar-refractivity contribution in [3.8, 4) is 0 Å². The maximum atomic E-state index is 9.07. The molecule has 0 aromatic heterocycles. The van der Waals surface area contributed by atoms with Crippen LogP contribution in [0.4, 0.5) is 0 Å². The summed E-state index contributed by atoms with van der Waals surface area (Å²) in [6.07, 6.45) is 0. The fourth-order valence-corrected chi connectivity index (χ4v) is 1.95. The quantitative estimate of drug-likeness (QED) is 0.553. The minimum atomic E-state index is 0.251. The summed E-state index contributed by atoms with van der Waals surface area (Å²) in [5.41, 5.74) is 0. The Bertz CT molecular complexity index is 131. The van der Waals surface area contributed by atoms with Crippen LogP contribution in [0.2, 0.25) is 0 Å². The standard InChI is InChI=1S/C8H18N2OS/c1-6(2)10-3-7(5-11)8(4-10)9-12/h6-9,11-12H,3-5H2,1-2H3. The molecule has 0 saturated carbocycles. The Labute approximate surface area is 79.7 Å². The molecule has 1 heterocycles. The van der Waals surface area contributed by atoms with Gasteiger partial charge >= 0.3 is 0 Å². The van der Waals surface area contributed by atoms with E-state index in [4.69, 9.17) is 5.11 Å². The summed E-state index contributed by atoms with van der Waals surface area (Å²) in [6.45, 7) is 6.57. The molecule has 0 bridgehead atoms. The molecule has 1 rings (SSSR count). The van der Waals surface area contributed by atoms with Crippen molar-refractivity contribution in [2.75, 3.05) is 19.7 Å². The zero-order chi connectivity index (χ0) is 9.14. The van der Waals surface area contributed by atoms with Crippen molar-refractivity contribution in [3.63, 3.8) is 0 Å². The van der Waals surface area contributed by atoms with Crippen LogP contribution in [0.1, 0.15) is 13.8 Å². The first-order valence-corrected chi connectivity index (χ1v) is 4.88. The maximum Gasteiger partial charge on any atom is 0.0487 e. The van der Waals surface area contributed by atoms with E-state index in [1.54, 1.807) is 0 Å². The Morgan fingerprint density at radius 1 is 1.58 bits per heavy atom. The largest absolute Gasteiger partial charge is 0.396 e. The summed E-state index contributed by atoms with van der Waals surface area (Å²) >= 11 is 4.05. The Morgan fingerprint density at radius 3 is 2.58 bits per heavy atom. The third-order valence-corrected chi connectivity index (χ3v) is 2.93. The van der Waals surface area contributed by atoms with E-state index in [0.29, 0.717) is 18.0 Å². The third kappa shape index (κ3) is 2.13. The van der Waals surface area contributed by atoms with Crippen molar-refractivity contribution in [1.29, 1.82) is 0 Å². The number of hydrogen-bond donors (Lipinski definition) is 3. The van der Waals surface area contributed by atoms with Gasteiger partial charge in [-0.3, -0.25) is 9.62 Å². The van der Waals surface area contributed by atoms with Crippen LogP contribution in [0, 0.1) is 5.92 Å². The Morgan fingerprint density at radius 2 is 2.25 bits per heavy atom. The Balaban J connectivity index is 2.47. The van der Waals surface area contributed by atoms with Crippen LogP contribution in [0.3, 0.4) is 0 Å². The van der Waals surface area contributed by atoms with Crippen molar-refractivity contribution in [3.05, 3.63) is 0 Å². The third-order valence-electron chi connectivity index (χ3n) is 2.60. The first-order chi connectivity index (χ1) is 5.69. The highest BCUT2D eigenvalue weighted by Crippen LogP contribution is 2.18. The smallest absolute Gasteiger partial charge is 0.0487 e. The molecule has 2 N–H and O–H groups in total. The molecule has 0 aromatic rings. The zero-order valence-electron chi connectivity index (χ0n) is 7.70. The van der Waals surface area contributed by atoms with Crippen LogP contribution in [-0.4, -0.2) is 41.8 Å². The average molecular weight is 190 g/mol. The van der Waals surface area contributed by atoms with Gasteiger partial charge in [-0.05, 0) is 13.8 Å². The van der Waals surface area contributed by atoms with E-state index in [1.165, 1.54) is 0 Å². The molecule has 0 amide bonds. The second-order valence-electron chi connectivity index (χ2n) is 3.73. The van der Waals surface area contributed by atoms with Crippen molar-refractivity contribution in [1.82, 2.24) is 9.62 Å². The fourth-order valence-electron chi connectivity index (χ4n) is 1.66. The van der Waals surface area contributed by atoms with Gasteiger partial charge in [0, 0.05) is 37.7 Å². The van der Waals surface area contributed by atoms with Crippen LogP contribution in [0.25, 0.3) is 0 Å². The number of aliphatic hydroxyl groups is 1. The van der Waals surface area contributed by atoms with Crippen LogP contribution < -0.4 is 4.72 Å². The van der Waals surface area contributed by atoms with Gasteiger partial charge in [0.25, 0.3) is 0 Å². The van der Waals surface area contributed by atoms with Gasteiger partial charge in [-0.1, -0.05) is 12.8 Å².